The van der Waals surface area contributed by atoms with Crippen LogP contribution in [0.2, 0.25) is 0 Å². The molecule has 1 aromatic carbocycles. The summed E-state index contributed by atoms with van der Waals surface area (Å²) < 4.78 is 11.3. The highest BCUT2D eigenvalue weighted by atomic mass is 16.5. The zero-order chi connectivity index (χ0) is 15.5. The first kappa shape index (κ1) is 15.6. The molecule has 0 saturated carbocycles. The molecule has 1 aromatic heterocycles. The molecule has 0 unspecified atom stereocenters. The van der Waals surface area contributed by atoms with Crippen molar-refractivity contribution in [2.24, 2.45) is 0 Å². The summed E-state index contributed by atoms with van der Waals surface area (Å²) in [6.07, 6.45) is 1.79. The molecule has 21 heavy (non-hydrogen) atoms. The Hall–Kier alpha value is -1.74. The minimum atomic E-state index is 0.105. The summed E-state index contributed by atoms with van der Waals surface area (Å²) in [5, 5.41) is 3.44. The number of hydrogen-bond acceptors (Lipinski definition) is 3. The van der Waals surface area contributed by atoms with E-state index in [1.54, 1.807) is 6.26 Å². The molecule has 0 aliphatic carbocycles. The Bertz CT molecular complexity index is 594. The second-order valence-electron chi connectivity index (χ2n) is 6.56. The van der Waals surface area contributed by atoms with E-state index in [0.717, 1.165) is 23.6 Å². The van der Waals surface area contributed by atoms with Crippen molar-refractivity contribution in [2.75, 3.05) is 0 Å². The molecule has 0 radical (unpaired) electrons. The van der Waals surface area contributed by atoms with Crippen molar-refractivity contribution < 1.29 is 9.15 Å². The van der Waals surface area contributed by atoms with Crippen LogP contribution >= 0.6 is 0 Å². The van der Waals surface area contributed by atoms with Crippen LogP contribution in [0.1, 0.15) is 43.2 Å². The van der Waals surface area contributed by atoms with Crippen LogP contribution in [0.15, 0.2) is 34.9 Å². The Morgan fingerprint density at radius 2 is 1.86 bits per heavy atom. The normalized spacial score (nSPS) is 11.7. The van der Waals surface area contributed by atoms with Gasteiger partial charge in [0.25, 0.3) is 0 Å². The number of ether oxygens (including phenoxy) is 1. The van der Waals surface area contributed by atoms with E-state index in [-0.39, 0.29) is 5.54 Å². The first-order valence-corrected chi connectivity index (χ1v) is 7.35. The third-order valence-electron chi connectivity index (χ3n) is 3.39. The quantitative estimate of drug-likeness (QED) is 0.887. The summed E-state index contributed by atoms with van der Waals surface area (Å²) in [4.78, 5) is 0. The molecule has 1 N–H and O–H groups in total. The molecule has 2 rings (SSSR count). The van der Waals surface area contributed by atoms with Crippen LogP contribution in [0.25, 0.3) is 0 Å². The molecule has 0 saturated heterocycles. The molecule has 0 bridgehead atoms. The first-order valence-electron chi connectivity index (χ1n) is 7.35. The maximum Gasteiger partial charge on any atom is 0.146 e. The van der Waals surface area contributed by atoms with Gasteiger partial charge in [0.15, 0.2) is 0 Å². The molecular formula is C18H25NO2. The summed E-state index contributed by atoms with van der Waals surface area (Å²) in [5.41, 5.74) is 3.76. The lowest BCUT2D eigenvalue weighted by atomic mass is 10.1. The Morgan fingerprint density at radius 1 is 1.10 bits per heavy atom. The minimum absolute atomic E-state index is 0.105. The molecule has 0 spiro atoms. The standard InChI is InChI=1S/C18H25NO2/c1-13-6-7-16(8-14(13)2)21-12-17-9-15(11-20-17)10-19-18(3,4)5/h6-9,11,19H,10,12H2,1-5H3. The van der Waals surface area contributed by atoms with Crippen molar-refractivity contribution >= 4 is 0 Å². The highest BCUT2D eigenvalue weighted by Crippen LogP contribution is 2.18. The summed E-state index contributed by atoms with van der Waals surface area (Å²) in [6, 6.07) is 8.17. The SMILES string of the molecule is Cc1ccc(OCc2cc(CNC(C)(C)C)co2)cc1C. The average Bonchev–Trinajstić information content (AvgIpc) is 2.85. The van der Waals surface area contributed by atoms with Crippen molar-refractivity contribution in [3.8, 4) is 5.75 Å². The van der Waals surface area contributed by atoms with Gasteiger partial charge >= 0.3 is 0 Å². The Kier molecular flexibility index (Phi) is 4.73. The third-order valence-corrected chi connectivity index (χ3v) is 3.39. The van der Waals surface area contributed by atoms with Gasteiger partial charge in [-0.2, -0.15) is 0 Å². The highest BCUT2D eigenvalue weighted by molar-refractivity contribution is 5.33. The molecule has 0 fully saturated rings. The lowest BCUT2D eigenvalue weighted by Crippen LogP contribution is -2.34. The first-order chi connectivity index (χ1) is 9.83. The Balaban J connectivity index is 1.89. The molecule has 1 heterocycles. The molecule has 0 amide bonds. The van der Waals surface area contributed by atoms with E-state index in [9.17, 15) is 0 Å². The average molecular weight is 287 g/mol. The van der Waals surface area contributed by atoms with Gasteiger partial charge in [-0.3, -0.25) is 0 Å². The van der Waals surface area contributed by atoms with Gasteiger partial charge in [-0.05, 0) is 63.9 Å². The van der Waals surface area contributed by atoms with E-state index in [4.69, 9.17) is 9.15 Å². The predicted molar refractivity (Wildman–Crippen MR) is 85.5 cm³/mol. The summed E-state index contributed by atoms with van der Waals surface area (Å²) in [6.45, 7) is 11.9. The lowest BCUT2D eigenvalue weighted by Gasteiger charge is -2.19. The van der Waals surface area contributed by atoms with Crippen molar-refractivity contribution in [3.63, 3.8) is 0 Å². The summed E-state index contributed by atoms with van der Waals surface area (Å²) in [7, 11) is 0. The molecule has 2 aromatic rings. The van der Waals surface area contributed by atoms with Crippen molar-refractivity contribution in [2.45, 2.75) is 53.3 Å². The molecule has 0 aliphatic rings. The molecule has 0 aliphatic heterocycles. The van der Waals surface area contributed by atoms with Gasteiger partial charge in [0.05, 0.1) is 6.26 Å². The van der Waals surface area contributed by atoms with E-state index in [1.807, 2.05) is 12.1 Å². The smallest absolute Gasteiger partial charge is 0.146 e. The maximum atomic E-state index is 5.77. The lowest BCUT2D eigenvalue weighted by molar-refractivity contribution is 0.270. The second kappa shape index (κ2) is 6.35. The van der Waals surface area contributed by atoms with E-state index >= 15 is 0 Å². The van der Waals surface area contributed by atoms with Gasteiger partial charge in [-0.1, -0.05) is 6.07 Å². The monoisotopic (exact) mass is 287 g/mol. The van der Waals surface area contributed by atoms with Crippen LogP contribution in [0.3, 0.4) is 0 Å². The van der Waals surface area contributed by atoms with Gasteiger partial charge in [-0.25, -0.2) is 0 Å². The number of benzene rings is 1. The number of hydrogen-bond donors (Lipinski definition) is 1. The van der Waals surface area contributed by atoms with Crippen LogP contribution < -0.4 is 10.1 Å². The van der Waals surface area contributed by atoms with Crippen molar-refractivity contribution in [1.82, 2.24) is 5.32 Å². The van der Waals surface area contributed by atoms with E-state index < -0.39 is 0 Å². The summed E-state index contributed by atoms with van der Waals surface area (Å²) >= 11 is 0. The fraction of sp³-hybridized carbons (Fsp3) is 0.444. The minimum Gasteiger partial charge on any atom is -0.486 e. The van der Waals surface area contributed by atoms with Crippen LogP contribution in [0.5, 0.6) is 5.75 Å². The van der Waals surface area contributed by atoms with Crippen LogP contribution in [-0.2, 0) is 13.2 Å². The van der Waals surface area contributed by atoms with E-state index in [1.165, 1.54) is 11.1 Å². The van der Waals surface area contributed by atoms with E-state index in [2.05, 4.69) is 52.1 Å². The van der Waals surface area contributed by atoms with Crippen LogP contribution in [0, 0.1) is 13.8 Å². The maximum absolute atomic E-state index is 5.77. The summed E-state index contributed by atoms with van der Waals surface area (Å²) in [5.74, 6) is 1.72. The number of nitrogens with one attached hydrogen (secondary N) is 1. The highest BCUT2D eigenvalue weighted by Gasteiger charge is 2.10. The zero-order valence-corrected chi connectivity index (χ0v) is 13.6. The zero-order valence-electron chi connectivity index (χ0n) is 13.6. The molecule has 3 heteroatoms. The van der Waals surface area contributed by atoms with Crippen molar-refractivity contribution in [3.05, 3.63) is 53.0 Å². The molecule has 3 nitrogen and oxygen atoms in total. The largest absolute Gasteiger partial charge is 0.486 e. The van der Waals surface area contributed by atoms with Gasteiger partial charge in [0.2, 0.25) is 0 Å². The van der Waals surface area contributed by atoms with Crippen molar-refractivity contribution in [1.29, 1.82) is 0 Å². The second-order valence-corrected chi connectivity index (χ2v) is 6.56. The van der Waals surface area contributed by atoms with E-state index in [0.29, 0.717) is 6.61 Å². The number of rotatable bonds is 5. The van der Waals surface area contributed by atoms with Gasteiger partial charge in [0.1, 0.15) is 18.1 Å². The fourth-order valence-corrected chi connectivity index (χ4v) is 1.92. The van der Waals surface area contributed by atoms with Gasteiger partial charge in [-0.15, -0.1) is 0 Å². The topological polar surface area (TPSA) is 34.4 Å². The Morgan fingerprint density at radius 3 is 2.52 bits per heavy atom. The number of furan rings is 1. The van der Waals surface area contributed by atoms with Crippen LogP contribution in [-0.4, -0.2) is 5.54 Å². The van der Waals surface area contributed by atoms with Gasteiger partial charge < -0.3 is 14.5 Å². The molecular weight excluding hydrogens is 262 g/mol. The van der Waals surface area contributed by atoms with Crippen LogP contribution in [0.4, 0.5) is 0 Å². The molecule has 0 atom stereocenters. The predicted octanol–water partition coefficient (Wildman–Crippen LogP) is 4.36. The van der Waals surface area contributed by atoms with Gasteiger partial charge in [0, 0.05) is 17.6 Å². The fourth-order valence-electron chi connectivity index (χ4n) is 1.92. The molecule has 114 valence electrons. The number of aryl methyl sites for hydroxylation is 2. The third kappa shape index (κ3) is 4.94. The Labute approximate surface area is 127 Å².